The van der Waals surface area contributed by atoms with Crippen LogP contribution in [0.2, 0.25) is 0 Å². The van der Waals surface area contributed by atoms with E-state index in [9.17, 15) is 9.59 Å². The zero-order valence-corrected chi connectivity index (χ0v) is 9.56. The molecule has 0 aliphatic rings. The molecule has 0 amide bonds. The van der Waals surface area contributed by atoms with Crippen molar-refractivity contribution in [3.8, 4) is 0 Å². The second kappa shape index (κ2) is 6.46. The van der Waals surface area contributed by atoms with Crippen molar-refractivity contribution in [1.82, 2.24) is 0 Å². The Balaban J connectivity index is 0. The molecule has 0 bridgehead atoms. The van der Waals surface area contributed by atoms with Crippen LogP contribution in [0.5, 0.6) is 0 Å². The van der Waals surface area contributed by atoms with Crippen molar-refractivity contribution in [3.63, 3.8) is 0 Å². The Labute approximate surface area is 99.5 Å². The predicted molar refractivity (Wildman–Crippen MR) is 45.6 cm³/mol. The molecule has 0 spiro atoms. The van der Waals surface area contributed by atoms with E-state index in [4.69, 9.17) is 10.2 Å². The van der Waals surface area contributed by atoms with Crippen molar-refractivity contribution in [2.24, 2.45) is 0 Å². The summed E-state index contributed by atoms with van der Waals surface area (Å²) in [5, 5.41) is 16.9. The van der Waals surface area contributed by atoms with E-state index in [1.807, 2.05) is 0 Å². The molecule has 0 aromatic heterocycles. The van der Waals surface area contributed by atoms with Gasteiger partial charge in [-0.15, -0.1) is 0 Å². The van der Waals surface area contributed by atoms with Crippen molar-refractivity contribution in [2.75, 3.05) is 0 Å². The summed E-state index contributed by atoms with van der Waals surface area (Å²) >= 11 is 0. The van der Waals surface area contributed by atoms with Gasteiger partial charge in [0, 0.05) is 26.2 Å². The van der Waals surface area contributed by atoms with E-state index in [1.54, 1.807) is 0 Å². The minimum atomic E-state index is -1.06. The van der Waals surface area contributed by atoms with Gasteiger partial charge in [-0.25, -0.2) is 9.59 Å². The van der Waals surface area contributed by atoms with Gasteiger partial charge in [0.2, 0.25) is 0 Å². The van der Waals surface area contributed by atoms with Crippen molar-refractivity contribution < 1.29 is 46.0 Å². The van der Waals surface area contributed by atoms with E-state index in [-0.39, 0.29) is 43.5 Å². The third-order valence-electron chi connectivity index (χ3n) is 1.38. The molecule has 0 saturated carbocycles. The Morgan fingerprint density at radius 3 is 1.21 bits per heavy atom. The maximum Gasteiger partial charge on any atom is 0.335 e. The van der Waals surface area contributed by atoms with Gasteiger partial charge in [-0.05, 0) is 24.3 Å². The number of rotatable bonds is 2. The van der Waals surface area contributed by atoms with E-state index >= 15 is 0 Å². The third-order valence-corrected chi connectivity index (χ3v) is 1.38. The van der Waals surface area contributed by atoms with Crippen molar-refractivity contribution >= 4 is 11.9 Å². The Kier molecular flexibility index (Phi) is 7.14. The summed E-state index contributed by atoms with van der Waals surface area (Å²) in [4.78, 5) is 20.7. The van der Waals surface area contributed by atoms with E-state index in [0.717, 1.165) is 0 Å². The predicted octanol–water partition coefficient (Wildman–Crippen LogP) is 1.80. The summed E-state index contributed by atoms with van der Waals surface area (Å²) in [6, 6.07) is 5.02. The maximum absolute atomic E-state index is 10.3. The average molecular weight is 273 g/mol. The molecule has 4 N–H and O–H groups in total. The number of carboxylic acids is 2. The van der Waals surface area contributed by atoms with E-state index < -0.39 is 11.9 Å². The average Bonchev–Trinajstić information content (AvgIpc) is 2.04. The van der Waals surface area contributed by atoms with Gasteiger partial charge < -0.3 is 16.4 Å². The first-order valence-corrected chi connectivity index (χ1v) is 3.18. The summed E-state index contributed by atoms with van der Waals surface area (Å²) in [7, 11) is 0. The van der Waals surface area contributed by atoms with E-state index in [2.05, 4.69) is 0 Å². The van der Waals surface area contributed by atoms with Crippen LogP contribution in [0, 0.1) is 0 Å². The number of carbonyl (C=O) groups is 2. The molecule has 6 heteroatoms. The topological polar surface area (TPSA) is 108 Å². The number of carboxylic acid groups (broad SMARTS) is 2. The van der Waals surface area contributed by atoms with Gasteiger partial charge >= 0.3 is 11.9 Å². The first kappa shape index (κ1) is 15.5. The molecule has 14 heavy (non-hydrogen) atoms. The van der Waals surface area contributed by atoms with Crippen LogP contribution in [0.4, 0.5) is 0 Å². The summed E-state index contributed by atoms with van der Waals surface area (Å²) in [6.45, 7) is 0. The van der Waals surface area contributed by atoms with Crippen molar-refractivity contribution in [1.29, 1.82) is 0 Å². The second-order valence-electron chi connectivity index (χ2n) is 2.19. The quantitative estimate of drug-likeness (QED) is 0.856. The van der Waals surface area contributed by atoms with E-state index in [0.29, 0.717) is 0 Å². The van der Waals surface area contributed by atoms with Gasteiger partial charge in [0.25, 0.3) is 0 Å². The first-order valence-electron chi connectivity index (χ1n) is 3.18. The normalized spacial score (nSPS) is 8.00. The number of aromatic carboxylic acids is 2. The van der Waals surface area contributed by atoms with Crippen LogP contribution in [-0.4, -0.2) is 22.2 Å². The minimum absolute atomic E-state index is 0. The Hall–Kier alpha value is -0.997. The molecule has 0 atom stereocenters. The summed E-state index contributed by atoms with van der Waals surface area (Å²) < 4.78 is 0. The van der Waals surface area contributed by atoms with Crippen LogP contribution in [-0.2, 0) is 26.2 Å². The molecule has 0 radical (unpaired) electrons. The zero-order valence-electron chi connectivity index (χ0n) is 7.10. The fourth-order valence-electron chi connectivity index (χ4n) is 0.755. The summed E-state index contributed by atoms with van der Waals surface area (Å²) in [5.74, 6) is -2.13. The summed E-state index contributed by atoms with van der Waals surface area (Å²) in [5.41, 5.74) is 0.167. The van der Waals surface area contributed by atoms with Crippen LogP contribution in [0.1, 0.15) is 20.7 Å². The second-order valence-corrected chi connectivity index (χ2v) is 2.19. The fraction of sp³-hybridized carbons (Fsp3) is 0. The van der Waals surface area contributed by atoms with Crippen LogP contribution in [0.25, 0.3) is 6.15 Å². The number of benzene rings is 1. The largest absolute Gasteiger partial charge is 0.693 e. The van der Waals surface area contributed by atoms with Crippen LogP contribution >= 0.6 is 0 Å². The van der Waals surface area contributed by atoms with Gasteiger partial charge in [0.15, 0.2) is 0 Å². The molecule has 0 fully saturated rings. The Morgan fingerprint density at radius 1 is 0.857 bits per heavy atom. The first-order chi connectivity index (χ1) is 5.61. The standard InChI is InChI=1S/C8H6O4.H2N.Zr/c9-7(10)5-1-2-6(4-3-5)8(11)12;;/h1-4H,(H,9,10)(H,11,12);1H2;/q;-1;. The molecule has 74 valence electrons. The van der Waals surface area contributed by atoms with Crippen LogP contribution in [0.3, 0.4) is 0 Å². The van der Waals surface area contributed by atoms with Gasteiger partial charge in [0.1, 0.15) is 0 Å². The molecule has 5 nitrogen and oxygen atoms in total. The maximum atomic E-state index is 10.3. The Bertz CT molecular complexity index is 290. The van der Waals surface area contributed by atoms with Gasteiger partial charge in [-0.1, -0.05) is 0 Å². The molecule has 0 heterocycles. The van der Waals surface area contributed by atoms with Crippen LogP contribution < -0.4 is 0 Å². The number of hydrogen-bond acceptors (Lipinski definition) is 2. The van der Waals surface area contributed by atoms with Gasteiger partial charge in [-0.3, -0.25) is 0 Å². The molecule has 0 unspecified atom stereocenters. The minimum Gasteiger partial charge on any atom is -0.693 e. The molecule has 0 aliphatic carbocycles. The molecule has 0 saturated heterocycles. The zero-order chi connectivity index (χ0) is 9.14. The van der Waals surface area contributed by atoms with Gasteiger partial charge in [-0.2, -0.15) is 0 Å². The molecular formula is C8H8NO4Zr-. The molecule has 1 aromatic rings. The number of nitrogens with two attached hydrogens (primary N) is 1. The molecule has 1 rings (SSSR count). The fourth-order valence-corrected chi connectivity index (χ4v) is 0.755. The van der Waals surface area contributed by atoms with Gasteiger partial charge in [0.05, 0.1) is 11.1 Å². The monoisotopic (exact) mass is 272 g/mol. The third kappa shape index (κ3) is 3.81. The van der Waals surface area contributed by atoms with E-state index in [1.165, 1.54) is 24.3 Å². The molecule has 1 aromatic carbocycles. The van der Waals surface area contributed by atoms with Crippen LogP contribution in [0.15, 0.2) is 24.3 Å². The Morgan fingerprint density at radius 2 is 1.07 bits per heavy atom. The van der Waals surface area contributed by atoms with Crippen molar-refractivity contribution in [3.05, 3.63) is 41.5 Å². The smallest absolute Gasteiger partial charge is 0.335 e. The molecular weight excluding hydrogens is 265 g/mol. The number of hydrogen-bond donors (Lipinski definition) is 2. The molecule has 0 aliphatic heterocycles. The SMILES string of the molecule is O=C(O)c1ccc(C(=O)O)cc1.[NH2-].[Zr]. The van der Waals surface area contributed by atoms with Crippen molar-refractivity contribution in [2.45, 2.75) is 0 Å². The summed E-state index contributed by atoms with van der Waals surface area (Å²) in [6.07, 6.45) is 0.